The quantitative estimate of drug-likeness (QED) is 0.535. The molecule has 0 spiro atoms. The Kier molecular flexibility index (Phi) is 6.84. The maximum Gasteiger partial charge on any atom is 0.324 e. The van der Waals surface area contributed by atoms with E-state index in [1.54, 1.807) is 18.2 Å². The highest BCUT2D eigenvalue weighted by Crippen LogP contribution is 2.26. The van der Waals surface area contributed by atoms with Gasteiger partial charge in [-0.15, -0.1) is 0 Å². The third kappa shape index (κ3) is 6.57. The van der Waals surface area contributed by atoms with Crippen LogP contribution in [0.2, 0.25) is 0 Å². The summed E-state index contributed by atoms with van der Waals surface area (Å²) in [5.41, 5.74) is 0.684. The minimum atomic E-state index is -1.15. The second kappa shape index (κ2) is 8.38. The monoisotopic (exact) mass is 372 g/mol. The van der Waals surface area contributed by atoms with E-state index in [4.69, 9.17) is 14.9 Å². The summed E-state index contributed by atoms with van der Waals surface area (Å²) >= 11 is 3.37. The van der Waals surface area contributed by atoms with E-state index in [0.717, 1.165) is 9.48 Å². The van der Waals surface area contributed by atoms with Crippen molar-refractivity contribution in [2.24, 2.45) is 5.10 Å². The van der Waals surface area contributed by atoms with E-state index in [0.29, 0.717) is 11.3 Å². The first-order chi connectivity index (χ1) is 10.3. The highest BCUT2D eigenvalue weighted by Gasteiger charge is 2.10. The summed E-state index contributed by atoms with van der Waals surface area (Å²) in [6.45, 7) is 2.85. The summed E-state index contributed by atoms with van der Waals surface area (Å²) in [5, 5.41) is 22.3. The van der Waals surface area contributed by atoms with Gasteiger partial charge in [0, 0.05) is 0 Å². The van der Waals surface area contributed by atoms with Crippen LogP contribution in [0.25, 0.3) is 0 Å². The number of rotatable bonds is 8. The zero-order valence-corrected chi connectivity index (χ0v) is 13.8. The molecule has 1 rings (SSSR count). The number of carbonyl (C=O) groups is 2. The van der Waals surface area contributed by atoms with Crippen LogP contribution in [0.5, 0.6) is 5.75 Å². The lowest BCUT2D eigenvalue weighted by atomic mass is 10.2. The van der Waals surface area contributed by atoms with Crippen LogP contribution in [0.1, 0.15) is 19.4 Å². The van der Waals surface area contributed by atoms with Gasteiger partial charge in [0.25, 0.3) is 0 Å². The van der Waals surface area contributed by atoms with Gasteiger partial charge in [0.15, 0.2) is 0 Å². The van der Waals surface area contributed by atoms with E-state index in [2.05, 4.69) is 21.0 Å². The normalized spacial score (nSPS) is 10.9. The Labute approximate surface area is 136 Å². The van der Waals surface area contributed by atoms with Crippen molar-refractivity contribution in [3.8, 4) is 5.75 Å². The molecular formula is C14H17BrN2O5. The predicted molar refractivity (Wildman–Crippen MR) is 84.3 cm³/mol. The second-order valence-corrected chi connectivity index (χ2v) is 5.57. The molecule has 2 N–H and O–H groups in total. The summed E-state index contributed by atoms with van der Waals surface area (Å²) in [4.78, 5) is 21.3. The summed E-state index contributed by atoms with van der Waals surface area (Å²) in [5.74, 6) is -1.62. The van der Waals surface area contributed by atoms with Gasteiger partial charge in [-0.3, -0.25) is 14.6 Å². The van der Waals surface area contributed by atoms with Crippen molar-refractivity contribution in [3.05, 3.63) is 28.2 Å². The first-order valence-corrected chi connectivity index (χ1v) is 7.26. The fourth-order valence-electron chi connectivity index (χ4n) is 1.55. The molecule has 0 aliphatic heterocycles. The van der Waals surface area contributed by atoms with Gasteiger partial charge in [0.05, 0.1) is 16.8 Å². The Balaban J connectivity index is 2.84. The van der Waals surface area contributed by atoms with Crippen molar-refractivity contribution in [1.82, 2.24) is 5.01 Å². The average molecular weight is 373 g/mol. The number of hydrogen-bond donors (Lipinski definition) is 2. The fourth-order valence-corrected chi connectivity index (χ4v) is 2.03. The minimum absolute atomic E-state index is 0.0393. The molecule has 0 unspecified atom stereocenters. The Morgan fingerprint density at radius 3 is 2.36 bits per heavy atom. The van der Waals surface area contributed by atoms with Crippen molar-refractivity contribution >= 4 is 34.1 Å². The molecule has 0 fully saturated rings. The van der Waals surface area contributed by atoms with Gasteiger partial charge in [0.1, 0.15) is 18.8 Å². The lowest BCUT2D eigenvalue weighted by Crippen LogP contribution is -2.30. The standard InChI is InChI=1S/C14H17BrN2O5/c1-9(2)22-12-4-3-10(5-11(12)15)6-16-17(7-13(18)19)8-14(20)21/h3-6,9H,7-8H2,1-2H3,(H,18,19)(H,20,21)/b16-6-. The molecule has 1 aromatic rings. The number of carboxylic acids is 2. The molecular weight excluding hydrogens is 356 g/mol. The lowest BCUT2D eigenvalue weighted by molar-refractivity contribution is -0.141. The van der Waals surface area contributed by atoms with E-state index in [1.165, 1.54) is 6.21 Å². The predicted octanol–water partition coefficient (Wildman–Crippen LogP) is 2.04. The zero-order chi connectivity index (χ0) is 16.7. The van der Waals surface area contributed by atoms with Gasteiger partial charge in [-0.2, -0.15) is 5.10 Å². The molecule has 0 saturated carbocycles. The molecule has 0 bridgehead atoms. The average Bonchev–Trinajstić information content (AvgIpc) is 2.37. The van der Waals surface area contributed by atoms with Crippen molar-refractivity contribution in [2.75, 3.05) is 13.1 Å². The molecule has 0 amide bonds. The first-order valence-electron chi connectivity index (χ1n) is 6.46. The van der Waals surface area contributed by atoms with E-state index >= 15 is 0 Å². The molecule has 0 heterocycles. The van der Waals surface area contributed by atoms with Crippen LogP contribution < -0.4 is 4.74 Å². The highest BCUT2D eigenvalue weighted by molar-refractivity contribution is 9.10. The lowest BCUT2D eigenvalue weighted by Gasteiger charge is -2.14. The maximum absolute atomic E-state index is 10.7. The molecule has 0 atom stereocenters. The van der Waals surface area contributed by atoms with Crippen LogP contribution in [-0.4, -0.2) is 52.6 Å². The summed E-state index contributed by atoms with van der Waals surface area (Å²) in [6, 6.07) is 5.25. The number of nitrogens with zero attached hydrogens (tertiary/aromatic N) is 2. The summed E-state index contributed by atoms with van der Waals surface area (Å²) < 4.78 is 6.30. The van der Waals surface area contributed by atoms with Crippen LogP contribution in [0.4, 0.5) is 0 Å². The molecule has 120 valence electrons. The zero-order valence-electron chi connectivity index (χ0n) is 12.2. The van der Waals surface area contributed by atoms with Crippen molar-refractivity contribution in [3.63, 3.8) is 0 Å². The molecule has 0 radical (unpaired) electrons. The number of carboxylic acid groups (broad SMARTS) is 2. The van der Waals surface area contributed by atoms with Crippen molar-refractivity contribution in [2.45, 2.75) is 20.0 Å². The highest BCUT2D eigenvalue weighted by atomic mass is 79.9. The van der Waals surface area contributed by atoms with Crippen LogP contribution in [0.15, 0.2) is 27.8 Å². The van der Waals surface area contributed by atoms with Crippen LogP contribution in [0.3, 0.4) is 0 Å². The van der Waals surface area contributed by atoms with E-state index in [9.17, 15) is 9.59 Å². The Morgan fingerprint density at radius 2 is 1.91 bits per heavy atom. The molecule has 7 nitrogen and oxygen atoms in total. The fraction of sp³-hybridized carbons (Fsp3) is 0.357. The Hall–Kier alpha value is -2.09. The smallest absolute Gasteiger partial charge is 0.324 e. The molecule has 0 aliphatic rings. The molecule has 0 saturated heterocycles. The third-order valence-corrected chi connectivity index (χ3v) is 2.94. The van der Waals surface area contributed by atoms with E-state index in [-0.39, 0.29) is 6.10 Å². The number of hydrogen-bond acceptors (Lipinski definition) is 5. The van der Waals surface area contributed by atoms with Crippen molar-refractivity contribution in [1.29, 1.82) is 0 Å². The van der Waals surface area contributed by atoms with Crippen LogP contribution in [0, 0.1) is 0 Å². The SMILES string of the molecule is CC(C)Oc1ccc(/C=N\N(CC(=O)O)CC(=O)O)cc1Br. The van der Waals surface area contributed by atoms with E-state index < -0.39 is 25.0 Å². The largest absolute Gasteiger partial charge is 0.490 e. The van der Waals surface area contributed by atoms with Gasteiger partial charge >= 0.3 is 11.9 Å². The molecule has 0 aromatic heterocycles. The number of aliphatic carboxylic acids is 2. The van der Waals surface area contributed by atoms with Gasteiger partial charge < -0.3 is 14.9 Å². The minimum Gasteiger partial charge on any atom is -0.490 e. The van der Waals surface area contributed by atoms with Crippen molar-refractivity contribution < 1.29 is 24.5 Å². The van der Waals surface area contributed by atoms with Gasteiger partial charge in [-0.25, -0.2) is 0 Å². The number of ether oxygens (including phenoxy) is 1. The van der Waals surface area contributed by atoms with E-state index in [1.807, 2.05) is 13.8 Å². The molecule has 8 heteroatoms. The van der Waals surface area contributed by atoms with Crippen LogP contribution in [-0.2, 0) is 9.59 Å². The molecule has 22 heavy (non-hydrogen) atoms. The maximum atomic E-state index is 10.7. The topological polar surface area (TPSA) is 99.4 Å². The van der Waals surface area contributed by atoms with Gasteiger partial charge in [-0.1, -0.05) is 0 Å². The Bertz CT molecular complexity index is 558. The summed E-state index contributed by atoms with van der Waals surface area (Å²) in [7, 11) is 0. The van der Waals surface area contributed by atoms with Gasteiger partial charge in [-0.05, 0) is 53.5 Å². The Morgan fingerprint density at radius 1 is 1.32 bits per heavy atom. The van der Waals surface area contributed by atoms with Crippen LogP contribution >= 0.6 is 15.9 Å². The molecule has 1 aromatic carbocycles. The third-order valence-electron chi connectivity index (χ3n) is 2.32. The number of hydrazone groups is 1. The number of halogens is 1. The number of benzene rings is 1. The first kappa shape index (κ1) is 18.0. The summed E-state index contributed by atoms with van der Waals surface area (Å²) in [6.07, 6.45) is 1.44. The van der Waals surface area contributed by atoms with Gasteiger partial charge in [0.2, 0.25) is 0 Å². The molecule has 0 aliphatic carbocycles. The second-order valence-electron chi connectivity index (χ2n) is 4.71.